The Kier molecular flexibility index (Phi) is 3.33. The van der Waals surface area contributed by atoms with E-state index < -0.39 is 0 Å². The van der Waals surface area contributed by atoms with Crippen molar-refractivity contribution in [2.45, 2.75) is 64.0 Å². The van der Waals surface area contributed by atoms with Crippen molar-refractivity contribution in [2.24, 2.45) is 5.41 Å². The first-order chi connectivity index (χ1) is 7.44. The minimum atomic E-state index is 0.479. The van der Waals surface area contributed by atoms with Crippen LogP contribution < -0.4 is 5.32 Å². The van der Waals surface area contributed by atoms with Crippen molar-refractivity contribution >= 4 is 0 Å². The first-order valence-corrected chi connectivity index (χ1v) is 6.84. The number of likely N-dealkylation sites (N-methyl/N-ethyl adjacent to an activating group) is 1. The summed E-state index contributed by atoms with van der Waals surface area (Å²) in [5, 5.41) is 3.82. The molecule has 0 aliphatic heterocycles. The summed E-state index contributed by atoms with van der Waals surface area (Å²) in [4.78, 5) is 2.43. The van der Waals surface area contributed by atoms with Crippen LogP contribution in [0.2, 0.25) is 0 Å². The molecule has 2 fully saturated rings. The fourth-order valence-corrected chi connectivity index (χ4v) is 3.31. The van der Waals surface area contributed by atoms with Crippen LogP contribution >= 0.6 is 0 Å². The van der Waals surface area contributed by atoms with Crippen molar-refractivity contribution in [2.75, 3.05) is 20.6 Å². The van der Waals surface area contributed by atoms with Gasteiger partial charge in [0, 0.05) is 18.1 Å². The summed E-state index contributed by atoms with van der Waals surface area (Å²) in [6.07, 6.45) is 8.29. The van der Waals surface area contributed by atoms with Gasteiger partial charge in [0.25, 0.3) is 0 Å². The van der Waals surface area contributed by atoms with Crippen molar-refractivity contribution in [3.8, 4) is 0 Å². The van der Waals surface area contributed by atoms with Gasteiger partial charge in [-0.1, -0.05) is 13.8 Å². The highest BCUT2D eigenvalue weighted by atomic mass is 15.2. The van der Waals surface area contributed by atoms with E-state index >= 15 is 0 Å². The molecule has 1 N–H and O–H groups in total. The zero-order valence-corrected chi connectivity index (χ0v) is 11.5. The summed E-state index contributed by atoms with van der Waals surface area (Å²) >= 11 is 0. The standard InChI is InChI=1S/C14H28N2/c1-13(2)9-6-12(10-13)15-11-14(16(3)4)7-5-8-14/h12,15H,5-11H2,1-4H3. The maximum absolute atomic E-state index is 3.82. The highest BCUT2D eigenvalue weighted by molar-refractivity contribution is 4.99. The van der Waals surface area contributed by atoms with Gasteiger partial charge in [0.15, 0.2) is 0 Å². The molecule has 2 saturated carbocycles. The zero-order chi connectivity index (χ0) is 11.8. The summed E-state index contributed by atoms with van der Waals surface area (Å²) in [5.74, 6) is 0. The Morgan fingerprint density at radius 2 is 1.88 bits per heavy atom. The van der Waals surface area contributed by atoms with Gasteiger partial charge >= 0.3 is 0 Å². The predicted molar refractivity (Wildman–Crippen MR) is 69.7 cm³/mol. The monoisotopic (exact) mass is 224 g/mol. The fraction of sp³-hybridized carbons (Fsp3) is 1.00. The predicted octanol–water partition coefficient (Wildman–Crippen LogP) is 2.64. The second kappa shape index (κ2) is 4.30. The van der Waals surface area contributed by atoms with Gasteiger partial charge in [0.05, 0.1) is 0 Å². The molecule has 2 heteroatoms. The third kappa shape index (κ3) is 2.43. The molecule has 2 rings (SSSR count). The molecule has 0 bridgehead atoms. The van der Waals surface area contributed by atoms with Crippen LogP contribution in [0.5, 0.6) is 0 Å². The van der Waals surface area contributed by atoms with E-state index in [9.17, 15) is 0 Å². The van der Waals surface area contributed by atoms with Crippen molar-refractivity contribution in [1.82, 2.24) is 10.2 Å². The summed E-state index contributed by atoms with van der Waals surface area (Å²) in [6, 6.07) is 0.771. The van der Waals surface area contributed by atoms with E-state index in [0.717, 1.165) is 6.04 Å². The fourth-order valence-electron chi connectivity index (χ4n) is 3.31. The largest absolute Gasteiger partial charge is 0.312 e. The highest BCUT2D eigenvalue weighted by Gasteiger charge is 2.40. The second-order valence-electron chi connectivity index (χ2n) is 6.96. The number of nitrogens with one attached hydrogen (secondary N) is 1. The van der Waals surface area contributed by atoms with Gasteiger partial charge in [-0.2, -0.15) is 0 Å². The van der Waals surface area contributed by atoms with Crippen molar-refractivity contribution in [1.29, 1.82) is 0 Å². The Bertz CT molecular complexity index is 241. The van der Waals surface area contributed by atoms with E-state index in [2.05, 4.69) is 38.2 Å². The number of hydrogen-bond donors (Lipinski definition) is 1. The van der Waals surface area contributed by atoms with Gasteiger partial charge in [-0.15, -0.1) is 0 Å². The van der Waals surface area contributed by atoms with Crippen molar-refractivity contribution in [3.63, 3.8) is 0 Å². The van der Waals surface area contributed by atoms with Crippen LogP contribution in [-0.2, 0) is 0 Å². The molecule has 2 aliphatic carbocycles. The molecule has 0 aromatic rings. The lowest BCUT2D eigenvalue weighted by atomic mass is 9.75. The third-order valence-electron chi connectivity index (χ3n) is 4.92. The quantitative estimate of drug-likeness (QED) is 0.790. The SMILES string of the molecule is CN(C)C1(CNC2CCC(C)(C)C2)CCC1. The highest BCUT2D eigenvalue weighted by Crippen LogP contribution is 2.39. The first kappa shape index (κ1) is 12.4. The van der Waals surface area contributed by atoms with E-state index in [1.54, 1.807) is 0 Å². The molecule has 1 atom stereocenters. The Labute approximate surface area is 101 Å². The lowest BCUT2D eigenvalue weighted by molar-refractivity contribution is 0.0569. The third-order valence-corrected chi connectivity index (χ3v) is 4.92. The lowest BCUT2D eigenvalue weighted by Gasteiger charge is -2.48. The Morgan fingerprint density at radius 3 is 2.25 bits per heavy atom. The topological polar surface area (TPSA) is 15.3 Å². The molecule has 2 nitrogen and oxygen atoms in total. The van der Waals surface area contributed by atoms with Crippen LogP contribution in [-0.4, -0.2) is 37.1 Å². The van der Waals surface area contributed by atoms with Crippen LogP contribution in [0.3, 0.4) is 0 Å². The summed E-state index contributed by atoms with van der Waals surface area (Å²) in [6.45, 7) is 6.00. The van der Waals surface area contributed by atoms with Gasteiger partial charge in [-0.3, -0.25) is 0 Å². The van der Waals surface area contributed by atoms with Gasteiger partial charge in [0.2, 0.25) is 0 Å². The van der Waals surface area contributed by atoms with Crippen molar-refractivity contribution < 1.29 is 0 Å². The van der Waals surface area contributed by atoms with Gasteiger partial charge in [-0.05, 0) is 58.0 Å². The minimum Gasteiger partial charge on any atom is -0.312 e. The van der Waals surface area contributed by atoms with Crippen LogP contribution in [0, 0.1) is 5.41 Å². The molecule has 16 heavy (non-hydrogen) atoms. The normalized spacial score (nSPS) is 31.7. The summed E-state index contributed by atoms with van der Waals surface area (Å²) in [7, 11) is 4.47. The molecule has 94 valence electrons. The minimum absolute atomic E-state index is 0.479. The van der Waals surface area contributed by atoms with Gasteiger partial charge in [0.1, 0.15) is 0 Å². The Morgan fingerprint density at radius 1 is 1.19 bits per heavy atom. The van der Waals surface area contributed by atoms with Crippen LogP contribution in [0.15, 0.2) is 0 Å². The molecule has 0 heterocycles. The average molecular weight is 224 g/mol. The van der Waals surface area contributed by atoms with Gasteiger partial charge < -0.3 is 10.2 Å². The summed E-state index contributed by atoms with van der Waals surface area (Å²) < 4.78 is 0. The Balaban J connectivity index is 1.79. The number of rotatable bonds is 4. The van der Waals surface area contributed by atoms with E-state index in [1.165, 1.54) is 45.1 Å². The maximum Gasteiger partial charge on any atom is 0.0328 e. The molecule has 2 aliphatic rings. The Hall–Kier alpha value is -0.0800. The van der Waals surface area contributed by atoms with Crippen LogP contribution in [0.25, 0.3) is 0 Å². The molecule has 1 unspecified atom stereocenters. The molecular weight excluding hydrogens is 196 g/mol. The number of nitrogens with zero attached hydrogens (tertiary/aromatic N) is 1. The maximum atomic E-state index is 3.82. The second-order valence-corrected chi connectivity index (χ2v) is 6.96. The molecule has 0 saturated heterocycles. The molecule has 0 aromatic heterocycles. The number of hydrogen-bond acceptors (Lipinski definition) is 2. The molecule has 0 amide bonds. The van der Waals surface area contributed by atoms with E-state index in [-0.39, 0.29) is 0 Å². The van der Waals surface area contributed by atoms with E-state index in [4.69, 9.17) is 0 Å². The lowest BCUT2D eigenvalue weighted by Crippen LogP contribution is -2.57. The van der Waals surface area contributed by atoms with Crippen molar-refractivity contribution in [3.05, 3.63) is 0 Å². The van der Waals surface area contributed by atoms with Crippen LogP contribution in [0.4, 0.5) is 0 Å². The first-order valence-electron chi connectivity index (χ1n) is 6.84. The molecule has 0 spiro atoms. The smallest absolute Gasteiger partial charge is 0.0328 e. The molecule has 0 aromatic carbocycles. The van der Waals surface area contributed by atoms with Crippen LogP contribution in [0.1, 0.15) is 52.4 Å². The average Bonchev–Trinajstić information content (AvgIpc) is 2.43. The molecular formula is C14H28N2. The van der Waals surface area contributed by atoms with Gasteiger partial charge in [-0.25, -0.2) is 0 Å². The molecule has 0 radical (unpaired) electrons. The zero-order valence-electron chi connectivity index (χ0n) is 11.5. The van der Waals surface area contributed by atoms with E-state index in [1.807, 2.05) is 0 Å². The summed E-state index contributed by atoms with van der Waals surface area (Å²) in [5.41, 5.74) is 1.05. The van der Waals surface area contributed by atoms with E-state index in [0.29, 0.717) is 11.0 Å².